The van der Waals surface area contributed by atoms with Gasteiger partial charge in [0.15, 0.2) is 0 Å². The van der Waals surface area contributed by atoms with E-state index in [9.17, 15) is 0 Å². The Kier molecular flexibility index (Phi) is 7.71. The van der Waals surface area contributed by atoms with Crippen LogP contribution in [0.2, 0.25) is 0 Å². The number of methoxy groups -OCH3 is 1. The topological polar surface area (TPSA) is 9.23 Å². The lowest BCUT2D eigenvalue weighted by atomic mass is 9.71. The number of hydrogen-bond donors (Lipinski definition) is 0. The smallest absolute Gasteiger partial charge is 0.118 e. The molecule has 0 aliphatic heterocycles. The molecule has 0 saturated heterocycles. The predicted octanol–water partition coefficient (Wildman–Crippen LogP) is 6.74. The van der Waals surface area contributed by atoms with Crippen molar-refractivity contribution < 1.29 is 4.74 Å². The van der Waals surface area contributed by atoms with Crippen LogP contribution in [0.1, 0.15) is 76.2 Å². The molecule has 0 radical (unpaired) electrons. The van der Waals surface area contributed by atoms with E-state index >= 15 is 0 Å². The van der Waals surface area contributed by atoms with Gasteiger partial charge in [-0.2, -0.15) is 0 Å². The van der Waals surface area contributed by atoms with E-state index in [1.165, 1.54) is 56.9 Å². The zero-order chi connectivity index (χ0) is 16.5. The summed E-state index contributed by atoms with van der Waals surface area (Å²) in [6.45, 7) is 6.29. The second-order valence-electron chi connectivity index (χ2n) is 7.18. The zero-order valence-corrected chi connectivity index (χ0v) is 15.1. The summed E-state index contributed by atoms with van der Waals surface area (Å²) in [5.41, 5.74) is 1.46. The summed E-state index contributed by atoms with van der Waals surface area (Å²) in [4.78, 5) is 0. The molecule has 1 aliphatic carbocycles. The molecule has 2 rings (SSSR count). The summed E-state index contributed by atoms with van der Waals surface area (Å²) in [5.74, 6) is 3.39. The Labute approximate surface area is 143 Å². The Morgan fingerprint density at radius 1 is 1.13 bits per heavy atom. The SMILES string of the molecule is C=CCC(c1ccc(OC)cc1)C1CCC(CCCCC)CC1. The fraction of sp³-hybridized carbons (Fsp3) is 0.636. The molecule has 0 heterocycles. The number of rotatable bonds is 9. The lowest BCUT2D eigenvalue weighted by Gasteiger charge is -2.34. The van der Waals surface area contributed by atoms with E-state index in [-0.39, 0.29) is 0 Å². The molecule has 128 valence electrons. The van der Waals surface area contributed by atoms with Gasteiger partial charge in [0.05, 0.1) is 7.11 Å². The van der Waals surface area contributed by atoms with Crippen molar-refractivity contribution in [2.75, 3.05) is 7.11 Å². The molecule has 0 spiro atoms. The third kappa shape index (κ3) is 5.41. The fourth-order valence-corrected chi connectivity index (χ4v) is 4.19. The average molecular weight is 315 g/mol. The average Bonchev–Trinajstić information content (AvgIpc) is 2.61. The standard InChI is InChI=1S/C22H34O/c1-4-6-7-9-18-10-12-19(13-11-18)22(8-5-2)20-14-16-21(23-3)17-15-20/h5,14-19,22H,2,4,6-13H2,1,3H3. The summed E-state index contributed by atoms with van der Waals surface area (Å²) in [6, 6.07) is 8.70. The van der Waals surface area contributed by atoms with Gasteiger partial charge in [0.25, 0.3) is 0 Å². The predicted molar refractivity (Wildman–Crippen MR) is 100 cm³/mol. The van der Waals surface area contributed by atoms with Crippen molar-refractivity contribution in [1.82, 2.24) is 0 Å². The third-order valence-electron chi connectivity index (χ3n) is 5.64. The van der Waals surface area contributed by atoms with Gasteiger partial charge in [0.1, 0.15) is 5.75 Å². The Morgan fingerprint density at radius 3 is 2.39 bits per heavy atom. The van der Waals surface area contributed by atoms with Crippen LogP contribution in [0, 0.1) is 11.8 Å². The zero-order valence-electron chi connectivity index (χ0n) is 15.1. The molecule has 1 heteroatoms. The third-order valence-corrected chi connectivity index (χ3v) is 5.64. The highest BCUT2D eigenvalue weighted by Gasteiger charge is 2.27. The summed E-state index contributed by atoms with van der Waals surface area (Å²) < 4.78 is 5.30. The van der Waals surface area contributed by atoms with E-state index in [0.717, 1.165) is 24.0 Å². The lowest BCUT2D eigenvalue weighted by Crippen LogP contribution is -2.20. The van der Waals surface area contributed by atoms with Crippen molar-refractivity contribution in [3.8, 4) is 5.75 Å². The quantitative estimate of drug-likeness (QED) is 0.362. The molecular weight excluding hydrogens is 280 g/mol. The highest BCUT2D eigenvalue weighted by Crippen LogP contribution is 2.41. The molecule has 0 bridgehead atoms. The second kappa shape index (κ2) is 9.80. The van der Waals surface area contributed by atoms with Crippen molar-refractivity contribution in [3.63, 3.8) is 0 Å². The minimum atomic E-state index is 0.634. The molecule has 1 atom stereocenters. The van der Waals surface area contributed by atoms with Gasteiger partial charge >= 0.3 is 0 Å². The largest absolute Gasteiger partial charge is 0.497 e. The van der Waals surface area contributed by atoms with Crippen LogP contribution in [0.4, 0.5) is 0 Å². The summed E-state index contributed by atoms with van der Waals surface area (Å²) in [7, 11) is 1.73. The van der Waals surface area contributed by atoms with Gasteiger partial charge in [-0.25, -0.2) is 0 Å². The number of unbranched alkanes of at least 4 members (excludes halogenated alkanes) is 2. The van der Waals surface area contributed by atoms with E-state index in [2.05, 4.69) is 43.8 Å². The van der Waals surface area contributed by atoms with Crippen molar-refractivity contribution >= 4 is 0 Å². The van der Waals surface area contributed by atoms with Crippen molar-refractivity contribution in [2.24, 2.45) is 11.8 Å². The van der Waals surface area contributed by atoms with Gasteiger partial charge in [-0.15, -0.1) is 6.58 Å². The maximum Gasteiger partial charge on any atom is 0.118 e. The van der Waals surface area contributed by atoms with E-state index in [4.69, 9.17) is 4.74 Å². The molecular formula is C22H34O. The molecule has 1 nitrogen and oxygen atoms in total. The molecule has 1 unspecified atom stereocenters. The van der Waals surface area contributed by atoms with Gasteiger partial charge in [-0.1, -0.05) is 63.7 Å². The van der Waals surface area contributed by atoms with Crippen LogP contribution < -0.4 is 4.74 Å². The Balaban J connectivity index is 1.92. The molecule has 1 fully saturated rings. The summed E-state index contributed by atoms with van der Waals surface area (Å²) >= 11 is 0. The van der Waals surface area contributed by atoms with Crippen LogP contribution in [-0.4, -0.2) is 7.11 Å². The first-order valence-electron chi connectivity index (χ1n) is 9.53. The van der Waals surface area contributed by atoms with Gasteiger partial charge in [0.2, 0.25) is 0 Å². The van der Waals surface area contributed by atoms with Gasteiger partial charge < -0.3 is 4.74 Å². The first kappa shape index (κ1) is 18.1. The first-order valence-corrected chi connectivity index (χ1v) is 9.53. The van der Waals surface area contributed by atoms with Crippen molar-refractivity contribution in [3.05, 3.63) is 42.5 Å². The summed E-state index contributed by atoms with van der Waals surface area (Å²) in [6.07, 6.45) is 14.5. The summed E-state index contributed by atoms with van der Waals surface area (Å²) in [5, 5.41) is 0. The normalized spacial score (nSPS) is 22.5. The van der Waals surface area contributed by atoms with Crippen LogP contribution in [-0.2, 0) is 0 Å². The number of benzene rings is 1. The van der Waals surface area contributed by atoms with Crippen LogP contribution >= 0.6 is 0 Å². The van der Waals surface area contributed by atoms with Gasteiger partial charge in [-0.3, -0.25) is 0 Å². The van der Waals surface area contributed by atoms with E-state index in [1.807, 2.05) is 0 Å². The Hall–Kier alpha value is -1.24. The molecule has 1 saturated carbocycles. The molecule has 0 amide bonds. The molecule has 0 N–H and O–H groups in total. The first-order chi connectivity index (χ1) is 11.3. The van der Waals surface area contributed by atoms with Crippen molar-refractivity contribution in [1.29, 1.82) is 0 Å². The van der Waals surface area contributed by atoms with E-state index in [1.54, 1.807) is 7.11 Å². The molecule has 23 heavy (non-hydrogen) atoms. The highest BCUT2D eigenvalue weighted by molar-refractivity contribution is 5.30. The minimum Gasteiger partial charge on any atom is -0.497 e. The van der Waals surface area contributed by atoms with Gasteiger partial charge in [-0.05, 0) is 54.7 Å². The Bertz CT molecular complexity index is 440. The fourth-order valence-electron chi connectivity index (χ4n) is 4.19. The van der Waals surface area contributed by atoms with E-state index < -0.39 is 0 Å². The maximum atomic E-state index is 5.30. The number of hydrogen-bond acceptors (Lipinski definition) is 1. The molecule has 1 aromatic rings. The highest BCUT2D eigenvalue weighted by atomic mass is 16.5. The number of ether oxygens (including phenoxy) is 1. The molecule has 0 aromatic heterocycles. The minimum absolute atomic E-state index is 0.634. The monoisotopic (exact) mass is 314 g/mol. The maximum absolute atomic E-state index is 5.30. The van der Waals surface area contributed by atoms with Crippen LogP contribution in [0.3, 0.4) is 0 Å². The van der Waals surface area contributed by atoms with Crippen molar-refractivity contribution in [2.45, 2.75) is 70.6 Å². The number of allylic oxidation sites excluding steroid dienone is 1. The van der Waals surface area contributed by atoms with E-state index in [0.29, 0.717) is 5.92 Å². The molecule has 1 aromatic carbocycles. The van der Waals surface area contributed by atoms with Crippen LogP contribution in [0.25, 0.3) is 0 Å². The van der Waals surface area contributed by atoms with Crippen LogP contribution in [0.15, 0.2) is 36.9 Å². The van der Waals surface area contributed by atoms with Gasteiger partial charge in [0, 0.05) is 0 Å². The van der Waals surface area contributed by atoms with Crippen LogP contribution in [0.5, 0.6) is 5.75 Å². The lowest BCUT2D eigenvalue weighted by molar-refractivity contribution is 0.230. The second-order valence-corrected chi connectivity index (χ2v) is 7.18. The Morgan fingerprint density at radius 2 is 1.83 bits per heavy atom. The molecule has 1 aliphatic rings.